The number of rotatable bonds is 7. The minimum atomic E-state index is -0.221. The van der Waals surface area contributed by atoms with Gasteiger partial charge in [0.15, 0.2) is 5.76 Å². The van der Waals surface area contributed by atoms with Crippen molar-refractivity contribution in [2.45, 2.75) is 39.0 Å². The molecule has 0 aromatic carbocycles. The van der Waals surface area contributed by atoms with Gasteiger partial charge in [-0.15, -0.1) is 0 Å². The Kier molecular flexibility index (Phi) is 4.81. The zero-order chi connectivity index (χ0) is 11.1. The minimum absolute atomic E-state index is 0.00449. The van der Waals surface area contributed by atoms with Gasteiger partial charge < -0.3 is 4.42 Å². The number of ketones is 2. The van der Waals surface area contributed by atoms with E-state index in [1.165, 1.54) is 6.26 Å². The molecule has 0 spiro atoms. The van der Waals surface area contributed by atoms with Crippen LogP contribution in [0.15, 0.2) is 22.8 Å². The van der Waals surface area contributed by atoms with Gasteiger partial charge in [0.2, 0.25) is 5.78 Å². The zero-order valence-electron chi connectivity index (χ0n) is 8.99. The molecular weight excluding hydrogens is 192 g/mol. The molecule has 3 nitrogen and oxygen atoms in total. The summed E-state index contributed by atoms with van der Waals surface area (Å²) in [6.45, 7) is 2.08. The second kappa shape index (κ2) is 6.17. The molecule has 1 aromatic heterocycles. The molecule has 82 valence electrons. The SMILES string of the molecule is CCCCCC(=O)CC(=O)c1ccco1. The maximum absolute atomic E-state index is 11.4. The number of Topliss-reactive ketones (excluding diaryl/α,β-unsaturated/α-hetero) is 2. The van der Waals surface area contributed by atoms with E-state index in [0.29, 0.717) is 6.42 Å². The highest BCUT2D eigenvalue weighted by Crippen LogP contribution is 2.07. The molecule has 1 aromatic rings. The van der Waals surface area contributed by atoms with Crippen molar-refractivity contribution in [3.05, 3.63) is 24.2 Å². The standard InChI is InChI=1S/C12H16O3/c1-2-3-4-6-10(13)9-11(14)12-7-5-8-15-12/h5,7-8H,2-4,6,9H2,1H3. The molecule has 0 atom stereocenters. The Balaban J connectivity index is 2.29. The van der Waals surface area contributed by atoms with Crippen LogP contribution >= 0.6 is 0 Å². The Morgan fingerprint density at radius 1 is 1.33 bits per heavy atom. The Morgan fingerprint density at radius 2 is 2.13 bits per heavy atom. The fourth-order valence-corrected chi connectivity index (χ4v) is 1.36. The first-order valence-electron chi connectivity index (χ1n) is 5.32. The van der Waals surface area contributed by atoms with E-state index in [9.17, 15) is 9.59 Å². The number of hydrogen-bond donors (Lipinski definition) is 0. The van der Waals surface area contributed by atoms with Crippen molar-refractivity contribution in [3.63, 3.8) is 0 Å². The van der Waals surface area contributed by atoms with Gasteiger partial charge in [0.1, 0.15) is 5.78 Å². The zero-order valence-corrected chi connectivity index (χ0v) is 8.99. The van der Waals surface area contributed by atoms with Crippen molar-refractivity contribution >= 4 is 11.6 Å². The number of furan rings is 1. The first kappa shape index (κ1) is 11.7. The molecule has 0 unspecified atom stereocenters. The van der Waals surface area contributed by atoms with Crippen molar-refractivity contribution in [2.75, 3.05) is 0 Å². The van der Waals surface area contributed by atoms with Crippen molar-refractivity contribution < 1.29 is 14.0 Å². The fraction of sp³-hybridized carbons (Fsp3) is 0.500. The molecular formula is C12H16O3. The molecule has 0 amide bonds. The molecule has 0 aliphatic carbocycles. The van der Waals surface area contributed by atoms with Crippen LogP contribution in [-0.2, 0) is 4.79 Å². The average Bonchev–Trinajstić information content (AvgIpc) is 2.70. The summed E-state index contributed by atoms with van der Waals surface area (Å²) >= 11 is 0. The van der Waals surface area contributed by atoms with E-state index < -0.39 is 0 Å². The van der Waals surface area contributed by atoms with Crippen molar-refractivity contribution in [1.82, 2.24) is 0 Å². The average molecular weight is 208 g/mol. The van der Waals surface area contributed by atoms with Crippen LogP contribution < -0.4 is 0 Å². The fourth-order valence-electron chi connectivity index (χ4n) is 1.36. The Morgan fingerprint density at radius 3 is 2.73 bits per heavy atom. The summed E-state index contributed by atoms with van der Waals surface area (Å²) in [5.41, 5.74) is 0. The second-order valence-corrected chi connectivity index (χ2v) is 3.57. The second-order valence-electron chi connectivity index (χ2n) is 3.57. The molecule has 0 saturated heterocycles. The topological polar surface area (TPSA) is 47.3 Å². The molecule has 0 saturated carbocycles. The highest BCUT2D eigenvalue weighted by atomic mass is 16.3. The van der Waals surface area contributed by atoms with Crippen LogP contribution in [-0.4, -0.2) is 11.6 Å². The molecule has 3 heteroatoms. The van der Waals surface area contributed by atoms with Gasteiger partial charge in [0, 0.05) is 6.42 Å². The van der Waals surface area contributed by atoms with E-state index in [1.807, 2.05) is 0 Å². The molecule has 0 bridgehead atoms. The Hall–Kier alpha value is -1.38. The number of unbranched alkanes of at least 4 members (excludes halogenated alkanes) is 2. The lowest BCUT2D eigenvalue weighted by Crippen LogP contribution is -2.07. The summed E-state index contributed by atoms with van der Waals surface area (Å²) in [4.78, 5) is 22.8. The molecule has 0 radical (unpaired) electrons. The molecule has 1 rings (SSSR count). The predicted octanol–water partition coefficient (Wildman–Crippen LogP) is 3.00. The quantitative estimate of drug-likeness (QED) is 0.393. The van der Waals surface area contributed by atoms with Crippen LogP contribution in [0.2, 0.25) is 0 Å². The Bertz CT molecular complexity index is 312. The van der Waals surface area contributed by atoms with Crippen molar-refractivity contribution in [2.24, 2.45) is 0 Å². The Labute approximate surface area is 89.5 Å². The molecule has 0 N–H and O–H groups in total. The normalized spacial score (nSPS) is 10.2. The van der Waals surface area contributed by atoms with Gasteiger partial charge >= 0.3 is 0 Å². The summed E-state index contributed by atoms with van der Waals surface area (Å²) in [6.07, 6.45) is 4.91. The minimum Gasteiger partial charge on any atom is -0.461 e. The lowest BCUT2D eigenvalue weighted by molar-refractivity contribution is -0.118. The van der Waals surface area contributed by atoms with E-state index in [2.05, 4.69) is 6.92 Å². The summed E-state index contributed by atoms with van der Waals surface area (Å²) in [6, 6.07) is 3.23. The number of carbonyl (C=O) groups is 2. The van der Waals surface area contributed by atoms with E-state index in [0.717, 1.165) is 19.3 Å². The summed E-state index contributed by atoms with van der Waals surface area (Å²) in [5, 5.41) is 0. The van der Waals surface area contributed by atoms with Gasteiger partial charge in [-0.1, -0.05) is 19.8 Å². The largest absolute Gasteiger partial charge is 0.461 e. The van der Waals surface area contributed by atoms with Gasteiger partial charge in [0.25, 0.3) is 0 Å². The van der Waals surface area contributed by atoms with E-state index in [1.54, 1.807) is 12.1 Å². The first-order valence-corrected chi connectivity index (χ1v) is 5.32. The summed E-state index contributed by atoms with van der Waals surface area (Å²) in [7, 11) is 0. The summed E-state index contributed by atoms with van der Waals surface area (Å²) in [5.74, 6) is 0.0604. The lowest BCUT2D eigenvalue weighted by atomic mass is 10.1. The lowest BCUT2D eigenvalue weighted by Gasteiger charge is -1.98. The monoisotopic (exact) mass is 208 g/mol. The third-order valence-corrected chi connectivity index (χ3v) is 2.21. The maximum atomic E-state index is 11.4. The van der Waals surface area contributed by atoms with Gasteiger partial charge in [-0.3, -0.25) is 9.59 Å². The smallest absolute Gasteiger partial charge is 0.205 e. The molecule has 15 heavy (non-hydrogen) atoms. The molecule has 0 aliphatic rings. The van der Waals surface area contributed by atoms with Gasteiger partial charge in [-0.2, -0.15) is 0 Å². The highest BCUT2D eigenvalue weighted by molar-refractivity contribution is 6.06. The van der Waals surface area contributed by atoms with E-state index in [4.69, 9.17) is 4.42 Å². The van der Waals surface area contributed by atoms with E-state index in [-0.39, 0.29) is 23.7 Å². The molecule has 0 aliphatic heterocycles. The van der Waals surface area contributed by atoms with Crippen LogP contribution in [0.5, 0.6) is 0 Å². The maximum Gasteiger partial charge on any atom is 0.205 e. The van der Waals surface area contributed by atoms with Crippen molar-refractivity contribution in [1.29, 1.82) is 0 Å². The van der Waals surface area contributed by atoms with Crippen LogP contribution in [0.4, 0.5) is 0 Å². The van der Waals surface area contributed by atoms with Crippen LogP contribution in [0.3, 0.4) is 0 Å². The van der Waals surface area contributed by atoms with Crippen LogP contribution in [0.1, 0.15) is 49.6 Å². The van der Waals surface area contributed by atoms with Gasteiger partial charge in [0.05, 0.1) is 12.7 Å². The first-order chi connectivity index (χ1) is 7.24. The van der Waals surface area contributed by atoms with Gasteiger partial charge in [-0.25, -0.2) is 0 Å². The third kappa shape index (κ3) is 4.11. The van der Waals surface area contributed by atoms with Crippen molar-refractivity contribution in [3.8, 4) is 0 Å². The third-order valence-electron chi connectivity index (χ3n) is 2.21. The van der Waals surface area contributed by atoms with Crippen LogP contribution in [0, 0.1) is 0 Å². The van der Waals surface area contributed by atoms with Gasteiger partial charge in [-0.05, 0) is 18.6 Å². The number of carbonyl (C=O) groups excluding carboxylic acids is 2. The molecule has 1 heterocycles. The van der Waals surface area contributed by atoms with E-state index >= 15 is 0 Å². The number of hydrogen-bond acceptors (Lipinski definition) is 3. The molecule has 0 fully saturated rings. The summed E-state index contributed by atoms with van der Waals surface area (Å²) < 4.78 is 4.92. The predicted molar refractivity (Wildman–Crippen MR) is 56.8 cm³/mol. The van der Waals surface area contributed by atoms with Crippen LogP contribution in [0.25, 0.3) is 0 Å². The highest BCUT2D eigenvalue weighted by Gasteiger charge is 2.13.